The fourth-order valence-corrected chi connectivity index (χ4v) is 2.06. The van der Waals surface area contributed by atoms with Crippen LogP contribution in [0, 0.1) is 0 Å². The molecule has 0 heterocycles. The first-order valence-electron chi connectivity index (χ1n) is 6.63. The second-order valence-electron chi connectivity index (χ2n) is 4.62. The molecule has 0 aromatic rings. The van der Waals surface area contributed by atoms with Gasteiger partial charge in [-0.05, 0) is 32.1 Å². The highest BCUT2D eigenvalue weighted by molar-refractivity contribution is 4.85. The number of rotatable bonds is 10. The Morgan fingerprint density at radius 1 is 1.19 bits per heavy atom. The highest BCUT2D eigenvalue weighted by Gasteiger charge is 2.23. The first kappa shape index (κ1) is 15.9. The van der Waals surface area contributed by atoms with E-state index >= 15 is 0 Å². The molecule has 3 heteroatoms. The van der Waals surface area contributed by atoms with E-state index in [1.54, 1.807) is 7.11 Å². The van der Waals surface area contributed by atoms with Crippen LogP contribution >= 0.6 is 0 Å². The third-order valence-electron chi connectivity index (χ3n) is 3.69. The smallest absolute Gasteiger partial charge is 0.0462 e. The molecule has 0 bridgehead atoms. The van der Waals surface area contributed by atoms with Crippen molar-refractivity contribution in [2.24, 2.45) is 5.73 Å². The van der Waals surface area contributed by atoms with Crippen molar-refractivity contribution < 1.29 is 4.74 Å². The molecule has 0 amide bonds. The van der Waals surface area contributed by atoms with E-state index in [0.717, 1.165) is 26.0 Å². The van der Waals surface area contributed by atoms with Crippen molar-refractivity contribution in [2.75, 3.05) is 20.3 Å². The number of ether oxygens (including phenoxy) is 1. The lowest BCUT2D eigenvalue weighted by Gasteiger charge is -2.33. The third kappa shape index (κ3) is 5.83. The minimum absolute atomic E-state index is 0.249. The van der Waals surface area contributed by atoms with Crippen LogP contribution in [0.4, 0.5) is 0 Å². The second-order valence-corrected chi connectivity index (χ2v) is 4.62. The Hall–Kier alpha value is -0.120. The van der Waals surface area contributed by atoms with Crippen molar-refractivity contribution in [2.45, 2.75) is 64.5 Å². The van der Waals surface area contributed by atoms with E-state index < -0.39 is 0 Å². The van der Waals surface area contributed by atoms with Crippen molar-refractivity contribution in [1.29, 1.82) is 0 Å². The van der Waals surface area contributed by atoms with Crippen LogP contribution < -0.4 is 11.1 Å². The second kappa shape index (κ2) is 8.97. The van der Waals surface area contributed by atoms with Crippen LogP contribution in [-0.2, 0) is 4.74 Å². The van der Waals surface area contributed by atoms with Gasteiger partial charge in [-0.25, -0.2) is 0 Å². The molecular weight excluding hydrogens is 200 g/mol. The molecule has 16 heavy (non-hydrogen) atoms. The summed E-state index contributed by atoms with van der Waals surface area (Å²) in [4.78, 5) is 0. The number of methoxy groups -OCH3 is 1. The molecule has 0 fully saturated rings. The summed E-state index contributed by atoms with van der Waals surface area (Å²) in [5.41, 5.74) is 6.36. The van der Waals surface area contributed by atoms with Gasteiger partial charge in [-0.2, -0.15) is 0 Å². The van der Waals surface area contributed by atoms with E-state index in [1.807, 2.05) is 0 Å². The average molecular weight is 230 g/mol. The zero-order valence-electron chi connectivity index (χ0n) is 11.5. The van der Waals surface area contributed by atoms with Crippen LogP contribution in [0.5, 0.6) is 0 Å². The monoisotopic (exact) mass is 230 g/mol. The maximum absolute atomic E-state index is 6.07. The molecule has 0 aliphatic heterocycles. The summed E-state index contributed by atoms with van der Waals surface area (Å²) < 4.78 is 5.03. The van der Waals surface area contributed by atoms with Crippen molar-refractivity contribution in [3.8, 4) is 0 Å². The predicted molar refractivity (Wildman–Crippen MR) is 70.7 cm³/mol. The average Bonchev–Trinajstić information content (AvgIpc) is 2.32. The van der Waals surface area contributed by atoms with E-state index in [2.05, 4.69) is 26.1 Å². The maximum Gasteiger partial charge on any atom is 0.0462 e. The number of nitrogens with one attached hydrogen (secondary N) is 1. The first-order valence-corrected chi connectivity index (χ1v) is 6.63. The Labute approximate surface area is 101 Å². The normalized spacial score (nSPS) is 14.1. The molecular formula is C13H30N2O. The van der Waals surface area contributed by atoms with Crippen LogP contribution in [0.1, 0.15) is 52.9 Å². The lowest BCUT2D eigenvalue weighted by molar-refractivity contribution is 0.189. The molecule has 0 rings (SSSR count). The Bertz CT molecular complexity index is 150. The van der Waals surface area contributed by atoms with Gasteiger partial charge in [0.2, 0.25) is 0 Å². The Morgan fingerprint density at radius 3 is 2.19 bits per heavy atom. The lowest BCUT2D eigenvalue weighted by Crippen LogP contribution is -2.48. The summed E-state index contributed by atoms with van der Waals surface area (Å²) in [6, 6.07) is 0.249. The van der Waals surface area contributed by atoms with Crippen molar-refractivity contribution in [1.82, 2.24) is 5.32 Å². The maximum atomic E-state index is 6.07. The molecule has 0 aromatic heterocycles. The summed E-state index contributed by atoms with van der Waals surface area (Å²) in [5, 5.41) is 3.64. The van der Waals surface area contributed by atoms with Gasteiger partial charge in [0, 0.05) is 31.8 Å². The minimum Gasteiger partial charge on any atom is -0.385 e. The van der Waals surface area contributed by atoms with Gasteiger partial charge in [0.25, 0.3) is 0 Å². The molecule has 0 saturated carbocycles. The van der Waals surface area contributed by atoms with Gasteiger partial charge in [-0.1, -0.05) is 20.8 Å². The van der Waals surface area contributed by atoms with Gasteiger partial charge in [0.1, 0.15) is 0 Å². The summed E-state index contributed by atoms with van der Waals surface area (Å²) in [7, 11) is 1.74. The SMILES string of the molecule is CCC(CC)(CC)NCC(N)CCCOC. The number of hydrogen-bond donors (Lipinski definition) is 2. The Balaban J connectivity index is 3.82. The Kier molecular flexibility index (Phi) is 8.90. The fourth-order valence-electron chi connectivity index (χ4n) is 2.06. The van der Waals surface area contributed by atoms with E-state index in [4.69, 9.17) is 10.5 Å². The van der Waals surface area contributed by atoms with Gasteiger partial charge in [0.05, 0.1) is 0 Å². The summed E-state index contributed by atoms with van der Waals surface area (Å²) in [6.07, 6.45) is 5.60. The van der Waals surface area contributed by atoms with Gasteiger partial charge in [-0.15, -0.1) is 0 Å². The molecule has 3 nitrogen and oxygen atoms in total. The topological polar surface area (TPSA) is 47.3 Å². The quantitative estimate of drug-likeness (QED) is 0.566. The first-order chi connectivity index (χ1) is 7.64. The van der Waals surface area contributed by atoms with E-state index in [9.17, 15) is 0 Å². The van der Waals surface area contributed by atoms with Crippen LogP contribution in [0.25, 0.3) is 0 Å². The fraction of sp³-hybridized carbons (Fsp3) is 1.00. The van der Waals surface area contributed by atoms with Gasteiger partial charge < -0.3 is 15.8 Å². The van der Waals surface area contributed by atoms with Crippen molar-refractivity contribution in [3.63, 3.8) is 0 Å². The molecule has 0 saturated heterocycles. The molecule has 0 aromatic carbocycles. The molecule has 0 radical (unpaired) electrons. The molecule has 1 unspecified atom stereocenters. The summed E-state index contributed by atoms with van der Waals surface area (Å²) >= 11 is 0. The Morgan fingerprint density at radius 2 is 1.75 bits per heavy atom. The van der Waals surface area contributed by atoms with E-state index in [1.165, 1.54) is 19.3 Å². The summed E-state index contributed by atoms with van der Waals surface area (Å²) in [5.74, 6) is 0. The zero-order chi connectivity index (χ0) is 12.4. The van der Waals surface area contributed by atoms with Crippen LogP contribution in [0.3, 0.4) is 0 Å². The molecule has 0 aliphatic rings. The van der Waals surface area contributed by atoms with Gasteiger partial charge in [0.15, 0.2) is 0 Å². The number of nitrogens with two attached hydrogens (primary N) is 1. The highest BCUT2D eigenvalue weighted by Crippen LogP contribution is 2.18. The highest BCUT2D eigenvalue weighted by atomic mass is 16.5. The number of hydrogen-bond acceptors (Lipinski definition) is 3. The predicted octanol–water partition coefficient (Wildman–Crippen LogP) is 2.30. The molecule has 1 atom stereocenters. The minimum atomic E-state index is 0.249. The molecule has 0 spiro atoms. The van der Waals surface area contributed by atoms with E-state index in [0.29, 0.717) is 5.54 Å². The lowest BCUT2D eigenvalue weighted by atomic mass is 9.89. The molecule has 98 valence electrons. The van der Waals surface area contributed by atoms with Crippen LogP contribution in [-0.4, -0.2) is 31.8 Å². The zero-order valence-corrected chi connectivity index (χ0v) is 11.5. The standard InChI is InChI=1S/C13H30N2O/c1-5-13(6-2,7-3)15-11-12(14)9-8-10-16-4/h12,15H,5-11,14H2,1-4H3. The molecule has 3 N–H and O–H groups in total. The van der Waals surface area contributed by atoms with Crippen LogP contribution in [0.2, 0.25) is 0 Å². The molecule has 0 aliphatic carbocycles. The van der Waals surface area contributed by atoms with Crippen molar-refractivity contribution in [3.05, 3.63) is 0 Å². The van der Waals surface area contributed by atoms with E-state index in [-0.39, 0.29) is 6.04 Å². The van der Waals surface area contributed by atoms with Gasteiger partial charge in [-0.3, -0.25) is 0 Å². The third-order valence-corrected chi connectivity index (χ3v) is 3.69. The largest absolute Gasteiger partial charge is 0.385 e. The van der Waals surface area contributed by atoms with Crippen molar-refractivity contribution >= 4 is 0 Å². The summed E-state index contributed by atoms with van der Waals surface area (Å²) in [6.45, 7) is 8.47. The van der Waals surface area contributed by atoms with Gasteiger partial charge >= 0.3 is 0 Å². The van der Waals surface area contributed by atoms with Crippen LogP contribution in [0.15, 0.2) is 0 Å².